The van der Waals surface area contributed by atoms with Gasteiger partial charge in [-0.15, -0.1) is 11.8 Å². The SMILES string of the molecule is CCC1OCCC1C(=O)N1CCSc2ccc(N)cc21. The molecule has 2 aliphatic rings. The highest BCUT2D eigenvalue weighted by molar-refractivity contribution is 7.99. The maximum Gasteiger partial charge on any atom is 0.232 e. The lowest BCUT2D eigenvalue weighted by Crippen LogP contribution is -2.42. The van der Waals surface area contributed by atoms with Crippen molar-refractivity contribution >= 4 is 29.0 Å². The number of fused-ring (bicyclic) bond motifs is 1. The maximum absolute atomic E-state index is 12.8. The molecule has 2 heterocycles. The Morgan fingerprint density at radius 2 is 2.40 bits per heavy atom. The van der Waals surface area contributed by atoms with E-state index < -0.39 is 0 Å². The quantitative estimate of drug-likeness (QED) is 0.851. The van der Waals surface area contributed by atoms with Crippen molar-refractivity contribution in [2.45, 2.75) is 30.8 Å². The molecule has 0 aliphatic carbocycles. The first-order valence-corrected chi connectivity index (χ1v) is 8.14. The number of carbonyl (C=O) groups is 1. The molecule has 2 aliphatic heterocycles. The Labute approximate surface area is 123 Å². The highest BCUT2D eigenvalue weighted by atomic mass is 32.2. The van der Waals surface area contributed by atoms with Crippen LogP contribution in [0.1, 0.15) is 19.8 Å². The Bertz CT molecular complexity index is 521. The standard InChI is InChI=1S/C15H20N2O2S/c1-2-13-11(5-7-19-13)15(18)17-6-8-20-14-4-3-10(16)9-12(14)17/h3-4,9,11,13H,2,5-8,16H2,1H3. The molecule has 2 unspecified atom stereocenters. The zero-order chi connectivity index (χ0) is 14.1. The van der Waals surface area contributed by atoms with Gasteiger partial charge < -0.3 is 15.4 Å². The number of ether oxygens (including phenoxy) is 1. The van der Waals surface area contributed by atoms with Gasteiger partial charge in [0.15, 0.2) is 0 Å². The summed E-state index contributed by atoms with van der Waals surface area (Å²) in [5.41, 5.74) is 7.55. The average Bonchev–Trinajstić information content (AvgIpc) is 2.94. The zero-order valence-corrected chi connectivity index (χ0v) is 12.5. The van der Waals surface area contributed by atoms with E-state index in [2.05, 4.69) is 6.92 Å². The third-order valence-corrected chi connectivity index (χ3v) is 5.08. The van der Waals surface area contributed by atoms with Crippen LogP contribution >= 0.6 is 11.8 Å². The molecule has 1 aromatic carbocycles. The third-order valence-electron chi connectivity index (χ3n) is 4.04. The van der Waals surface area contributed by atoms with Crippen molar-refractivity contribution in [3.8, 4) is 0 Å². The average molecular weight is 292 g/mol. The number of nitrogens with zero attached hydrogens (tertiary/aromatic N) is 1. The lowest BCUT2D eigenvalue weighted by Gasteiger charge is -2.32. The van der Waals surface area contributed by atoms with Crippen molar-refractivity contribution in [1.82, 2.24) is 0 Å². The van der Waals surface area contributed by atoms with Crippen LogP contribution in [0.15, 0.2) is 23.1 Å². The Morgan fingerprint density at radius 1 is 1.55 bits per heavy atom. The lowest BCUT2D eigenvalue weighted by molar-refractivity contribution is -0.124. The molecule has 108 valence electrons. The van der Waals surface area contributed by atoms with Crippen LogP contribution in [-0.2, 0) is 9.53 Å². The second-order valence-corrected chi connectivity index (χ2v) is 6.41. The summed E-state index contributed by atoms with van der Waals surface area (Å²) in [6.07, 6.45) is 1.79. The summed E-state index contributed by atoms with van der Waals surface area (Å²) in [4.78, 5) is 15.9. The second-order valence-electron chi connectivity index (χ2n) is 5.28. The van der Waals surface area contributed by atoms with Gasteiger partial charge in [0.1, 0.15) is 0 Å². The molecule has 1 fully saturated rings. The molecule has 2 atom stereocenters. The molecule has 0 aromatic heterocycles. The van der Waals surface area contributed by atoms with Crippen LogP contribution in [-0.4, -0.2) is 30.9 Å². The van der Waals surface area contributed by atoms with Gasteiger partial charge in [-0.3, -0.25) is 4.79 Å². The van der Waals surface area contributed by atoms with Crippen molar-refractivity contribution in [1.29, 1.82) is 0 Å². The van der Waals surface area contributed by atoms with Crippen molar-refractivity contribution < 1.29 is 9.53 Å². The van der Waals surface area contributed by atoms with Gasteiger partial charge in [-0.1, -0.05) is 6.92 Å². The van der Waals surface area contributed by atoms with E-state index >= 15 is 0 Å². The van der Waals surface area contributed by atoms with E-state index in [0.717, 1.165) is 35.7 Å². The number of nitrogen functional groups attached to an aromatic ring is 1. The summed E-state index contributed by atoms with van der Waals surface area (Å²) in [6.45, 7) is 3.53. The van der Waals surface area contributed by atoms with Gasteiger partial charge in [0, 0.05) is 29.5 Å². The van der Waals surface area contributed by atoms with Gasteiger partial charge in [0.25, 0.3) is 0 Å². The fourth-order valence-electron chi connectivity index (χ4n) is 3.00. The predicted molar refractivity (Wildman–Crippen MR) is 82.1 cm³/mol. The van der Waals surface area contributed by atoms with Crippen LogP contribution in [0.4, 0.5) is 11.4 Å². The Morgan fingerprint density at radius 3 is 3.20 bits per heavy atom. The van der Waals surface area contributed by atoms with E-state index in [1.165, 1.54) is 0 Å². The second kappa shape index (κ2) is 5.66. The van der Waals surface area contributed by atoms with E-state index in [0.29, 0.717) is 12.3 Å². The van der Waals surface area contributed by atoms with Crippen molar-refractivity contribution in [3.63, 3.8) is 0 Å². The molecule has 1 saturated heterocycles. The van der Waals surface area contributed by atoms with Crippen molar-refractivity contribution in [2.75, 3.05) is 29.5 Å². The first-order chi connectivity index (χ1) is 9.70. The first-order valence-electron chi connectivity index (χ1n) is 7.16. The smallest absolute Gasteiger partial charge is 0.232 e. The minimum atomic E-state index is -0.00243. The molecule has 2 N–H and O–H groups in total. The van der Waals surface area contributed by atoms with E-state index in [-0.39, 0.29) is 17.9 Å². The normalized spacial score (nSPS) is 25.6. The number of benzene rings is 1. The van der Waals surface area contributed by atoms with E-state index in [9.17, 15) is 4.79 Å². The third kappa shape index (κ3) is 2.40. The summed E-state index contributed by atoms with van der Waals surface area (Å²) in [6, 6.07) is 5.82. The number of thioether (sulfide) groups is 1. The van der Waals surface area contributed by atoms with Gasteiger partial charge in [-0.2, -0.15) is 0 Å². The Kier molecular flexibility index (Phi) is 3.89. The molecule has 4 nitrogen and oxygen atoms in total. The molecule has 20 heavy (non-hydrogen) atoms. The van der Waals surface area contributed by atoms with Crippen LogP contribution in [0, 0.1) is 5.92 Å². The molecule has 3 rings (SSSR count). The van der Waals surface area contributed by atoms with Gasteiger partial charge in [0.05, 0.1) is 17.7 Å². The summed E-state index contributed by atoms with van der Waals surface area (Å²) < 4.78 is 5.66. The van der Waals surface area contributed by atoms with E-state index in [1.807, 2.05) is 23.1 Å². The topological polar surface area (TPSA) is 55.6 Å². The lowest BCUT2D eigenvalue weighted by atomic mass is 9.97. The molecular formula is C15H20N2O2S. The van der Waals surface area contributed by atoms with E-state index in [4.69, 9.17) is 10.5 Å². The summed E-state index contributed by atoms with van der Waals surface area (Å²) >= 11 is 1.79. The number of hydrogen-bond acceptors (Lipinski definition) is 4. The maximum atomic E-state index is 12.8. The monoisotopic (exact) mass is 292 g/mol. The molecule has 5 heteroatoms. The molecule has 0 saturated carbocycles. The molecular weight excluding hydrogens is 272 g/mol. The summed E-state index contributed by atoms with van der Waals surface area (Å²) in [7, 11) is 0. The zero-order valence-electron chi connectivity index (χ0n) is 11.7. The number of nitrogens with two attached hydrogens (primary N) is 1. The summed E-state index contributed by atoms with van der Waals surface area (Å²) in [5, 5.41) is 0. The minimum absolute atomic E-state index is 0.00243. The highest BCUT2D eigenvalue weighted by Gasteiger charge is 2.37. The highest BCUT2D eigenvalue weighted by Crippen LogP contribution is 2.38. The van der Waals surface area contributed by atoms with Gasteiger partial charge in [-0.25, -0.2) is 0 Å². The van der Waals surface area contributed by atoms with Gasteiger partial charge in [0.2, 0.25) is 5.91 Å². The van der Waals surface area contributed by atoms with Crippen molar-refractivity contribution in [2.24, 2.45) is 5.92 Å². The Balaban J connectivity index is 1.88. The van der Waals surface area contributed by atoms with Crippen LogP contribution < -0.4 is 10.6 Å². The van der Waals surface area contributed by atoms with Gasteiger partial charge >= 0.3 is 0 Å². The molecule has 1 amide bonds. The molecule has 0 spiro atoms. The van der Waals surface area contributed by atoms with Crippen LogP contribution in [0.3, 0.4) is 0 Å². The fourth-order valence-corrected chi connectivity index (χ4v) is 3.97. The van der Waals surface area contributed by atoms with Crippen LogP contribution in [0.25, 0.3) is 0 Å². The molecule has 0 radical (unpaired) electrons. The molecule has 0 bridgehead atoms. The van der Waals surface area contributed by atoms with Crippen molar-refractivity contribution in [3.05, 3.63) is 18.2 Å². The number of anilines is 2. The number of carbonyl (C=O) groups excluding carboxylic acids is 1. The number of rotatable bonds is 2. The number of amides is 1. The largest absolute Gasteiger partial charge is 0.399 e. The molecule has 1 aromatic rings. The van der Waals surface area contributed by atoms with Crippen LogP contribution in [0.5, 0.6) is 0 Å². The Hall–Kier alpha value is -1.20. The van der Waals surface area contributed by atoms with Gasteiger partial charge in [-0.05, 0) is 31.0 Å². The van der Waals surface area contributed by atoms with Crippen LogP contribution in [0.2, 0.25) is 0 Å². The fraction of sp³-hybridized carbons (Fsp3) is 0.533. The summed E-state index contributed by atoms with van der Waals surface area (Å²) in [5.74, 6) is 1.13. The number of hydrogen-bond donors (Lipinski definition) is 1. The minimum Gasteiger partial charge on any atom is -0.399 e. The van der Waals surface area contributed by atoms with E-state index in [1.54, 1.807) is 11.8 Å². The predicted octanol–water partition coefficient (Wildman–Crippen LogP) is 2.52. The first kappa shape index (κ1) is 13.8.